The Balaban J connectivity index is 2.26. The number of hydrogen-bond acceptors (Lipinski definition) is 5. The van der Waals surface area contributed by atoms with Crippen molar-refractivity contribution < 1.29 is 23.5 Å². The number of nitrogens with zero attached hydrogens (tertiary/aromatic N) is 1. The molecule has 3 atom stereocenters. The summed E-state index contributed by atoms with van der Waals surface area (Å²) in [6.07, 6.45) is 3.09. The molecule has 0 spiro atoms. The number of likely N-dealkylation sites (tertiary alicyclic amines) is 1. The molecule has 1 aromatic carbocycles. The van der Waals surface area contributed by atoms with Gasteiger partial charge in [0.2, 0.25) is 5.91 Å². The number of esters is 1. The van der Waals surface area contributed by atoms with E-state index in [0.717, 1.165) is 11.3 Å². The minimum absolute atomic E-state index is 0.0401. The molecule has 6 nitrogen and oxygen atoms in total. The Morgan fingerprint density at radius 2 is 1.84 bits per heavy atom. The van der Waals surface area contributed by atoms with Crippen molar-refractivity contribution in [3.05, 3.63) is 42.1 Å². The highest BCUT2D eigenvalue weighted by Gasteiger charge is 2.51. The number of methoxy groups -OCH3 is 2. The minimum Gasteiger partial charge on any atom is -0.497 e. The Labute approximate surface area is 193 Å². The van der Waals surface area contributed by atoms with Crippen LogP contribution in [0.25, 0.3) is 0 Å². The van der Waals surface area contributed by atoms with Crippen molar-refractivity contribution >= 4 is 20.2 Å². The van der Waals surface area contributed by atoms with E-state index in [1.54, 1.807) is 24.3 Å². The van der Waals surface area contributed by atoms with E-state index >= 15 is 0 Å². The molecule has 0 radical (unpaired) electrons. The Kier molecular flexibility index (Phi) is 8.33. The highest BCUT2D eigenvalue weighted by molar-refractivity contribution is 6.74. The second-order valence-electron chi connectivity index (χ2n) is 9.46. The van der Waals surface area contributed by atoms with Crippen LogP contribution in [0.4, 0.5) is 0 Å². The summed E-state index contributed by atoms with van der Waals surface area (Å²) in [6, 6.07) is 7.14. The summed E-state index contributed by atoms with van der Waals surface area (Å²) in [5.41, 5.74) is 0.834. The molecule has 7 heteroatoms. The second kappa shape index (κ2) is 10.4. The van der Waals surface area contributed by atoms with Crippen molar-refractivity contribution in [1.82, 2.24) is 4.90 Å². The summed E-state index contributed by atoms with van der Waals surface area (Å²) in [5, 5.41) is 0.0401. The number of rotatable bonds is 7. The van der Waals surface area contributed by atoms with Gasteiger partial charge in [-0.1, -0.05) is 38.7 Å². The largest absolute Gasteiger partial charge is 0.497 e. The van der Waals surface area contributed by atoms with E-state index in [9.17, 15) is 9.59 Å². The fourth-order valence-corrected chi connectivity index (χ4v) is 4.64. The molecule has 0 aromatic heterocycles. The first kappa shape index (κ1) is 25.7. The van der Waals surface area contributed by atoms with Gasteiger partial charge in [-0.25, -0.2) is 0 Å². The lowest BCUT2D eigenvalue weighted by molar-refractivity contribution is -0.153. The summed E-state index contributed by atoms with van der Waals surface area (Å²) >= 11 is 0. The first-order valence-corrected chi connectivity index (χ1v) is 13.7. The Morgan fingerprint density at radius 1 is 1.22 bits per heavy atom. The molecule has 0 aliphatic carbocycles. The number of ether oxygens (including phenoxy) is 2. The molecular weight excluding hydrogens is 422 g/mol. The van der Waals surface area contributed by atoms with Gasteiger partial charge in [-0.05, 0) is 49.3 Å². The van der Waals surface area contributed by atoms with Gasteiger partial charge in [0.25, 0.3) is 0 Å². The molecule has 1 heterocycles. The highest BCUT2D eigenvalue weighted by Crippen LogP contribution is 2.40. The highest BCUT2D eigenvalue weighted by atomic mass is 28.4. The van der Waals surface area contributed by atoms with E-state index in [2.05, 4.69) is 50.4 Å². The van der Waals surface area contributed by atoms with E-state index in [-0.39, 0.29) is 41.4 Å². The molecule has 1 aromatic rings. The fraction of sp³-hybridized carbons (Fsp3) is 0.520. The fourth-order valence-electron chi connectivity index (χ4n) is 3.21. The topological polar surface area (TPSA) is 65.1 Å². The number of amides is 1. The zero-order valence-electron chi connectivity index (χ0n) is 20.4. The van der Waals surface area contributed by atoms with Gasteiger partial charge in [-0.2, -0.15) is 0 Å². The van der Waals surface area contributed by atoms with Crippen LogP contribution in [0.2, 0.25) is 18.1 Å². The molecule has 174 valence electrons. The minimum atomic E-state index is -2.05. The summed E-state index contributed by atoms with van der Waals surface area (Å²) in [6.45, 7) is 12.9. The molecule has 2 rings (SSSR count). The molecule has 0 unspecified atom stereocenters. The zero-order valence-corrected chi connectivity index (χ0v) is 21.4. The molecular formula is C25H35NO5Si. The lowest BCUT2D eigenvalue weighted by Gasteiger charge is -2.48. The van der Waals surface area contributed by atoms with Crippen LogP contribution in [-0.4, -0.2) is 51.5 Å². The van der Waals surface area contributed by atoms with E-state index in [0.29, 0.717) is 0 Å². The first-order chi connectivity index (χ1) is 14.9. The van der Waals surface area contributed by atoms with Crippen molar-refractivity contribution in [1.29, 1.82) is 0 Å². The first-order valence-electron chi connectivity index (χ1n) is 10.8. The van der Waals surface area contributed by atoms with Crippen molar-refractivity contribution in [2.45, 2.75) is 64.4 Å². The van der Waals surface area contributed by atoms with Crippen LogP contribution in [0.15, 0.2) is 36.5 Å². The number of carbonyl (C=O) groups excluding carboxylic acids is 2. The van der Waals surface area contributed by atoms with Crippen LogP contribution < -0.4 is 4.74 Å². The molecule has 32 heavy (non-hydrogen) atoms. The third-order valence-electron chi connectivity index (χ3n) is 6.20. The van der Waals surface area contributed by atoms with Gasteiger partial charge in [-0.3, -0.25) is 9.59 Å². The van der Waals surface area contributed by atoms with Gasteiger partial charge in [0.1, 0.15) is 11.8 Å². The van der Waals surface area contributed by atoms with E-state index in [1.807, 2.05) is 31.2 Å². The van der Waals surface area contributed by atoms with Crippen molar-refractivity contribution in [2.75, 3.05) is 14.2 Å². The number of hydrogen-bond donors (Lipinski definition) is 0. The second-order valence-corrected chi connectivity index (χ2v) is 14.2. The third-order valence-corrected chi connectivity index (χ3v) is 10.8. The summed E-state index contributed by atoms with van der Waals surface area (Å²) in [5.74, 6) is 6.40. The number of carbonyl (C=O) groups is 2. The summed E-state index contributed by atoms with van der Waals surface area (Å²) in [7, 11) is 0.907. The molecule has 1 saturated heterocycles. The van der Waals surface area contributed by atoms with E-state index < -0.39 is 8.32 Å². The molecule has 0 saturated carbocycles. The normalized spacial score (nSPS) is 19.8. The quantitative estimate of drug-likeness (QED) is 0.263. The molecule has 0 N–H and O–H groups in total. The van der Waals surface area contributed by atoms with Crippen LogP contribution in [-0.2, 0) is 18.8 Å². The zero-order chi connectivity index (χ0) is 24.1. The van der Waals surface area contributed by atoms with Gasteiger partial charge >= 0.3 is 5.97 Å². The van der Waals surface area contributed by atoms with Crippen molar-refractivity contribution in [3.63, 3.8) is 0 Å². The molecule has 1 amide bonds. The average molecular weight is 458 g/mol. The van der Waals surface area contributed by atoms with Gasteiger partial charge < -0.3 is 18.8 Å². The van der Waals surface area contributed by atoms with Crippen molar-refractivity contribution in [3.8, 4) is 17.6 Å². The van der Waals surface area contributed by atoms with Crippen LogP contribution in [0.3, 0.4) is 0 Å². The number of β-lactam (4-membered cyclic amide) rings is 1. The van der Waals surface area contributed by atoms with Gasteiger partial charge in [0.15, 0.2) is 8.32 Å². The van der Waals surface area contributed by atoms with Crippen molar-refractivity contribution in [2.24, 2.45) is 5.92 Å². The Bertz CT molecular complexity index is 905. The van der Waals surface area contributed by atoms with E-state index in [4.69, 9.17) is 9.16 Å². The van der Waals surface area contributed by atoms with Gasteiger partial charge in [0, 0.05) is 11.8 Å². The van der Waals surface area contributed by atoms with E-state index in [1.165, 1.54) is 7.11 Å². The lowest BCUT2D eigenvalue weighted by atomic mass is 9.84. The molecule has 1 fully saturated rings. The SMILES string of the molecule is COC(=O)C/C=C/N1C(=O)[C@H]([C@@H](C)O[Si](C)(C)C(C)(C)C)[C@H]1C#Cc1ccc(OC)cc1. The monoisotopic (exact) mass is 457 g/mol. The van der Waals surface area contributed by atoms with Gasteiger partial charge in [0.05, 0.1) is 32.7 Å². The molecule has 1 aliphatic rings. The Hall–Kier alpha value is -2.56. The third kappa shape index (κ3) is 6.02. The summed E-state index contributed by atoms with van der Waals surface area (Å²) < 4.78 is 16.4. The standard InChI is InChI=1S/C25H35NO5Si/c1-18(31-32(7,8)25(2,3)4)23-21(16-13-19-11-14-20(29-5)15-12-19)26(24(23)28)17-9-10-22(27)30-6/h9,11-12,14-15,17-18,21,23H,10H2,1-8H3/b17-9+/t18-,21-,23-/m1/s1. The molecule has 1 aliphatic heterocycles. The number of benzene rings is 1. The predicted molar refractivity (Wildman–Crippen MR) is 128 cm³/mol. The smallest absolute Gasteiger partial charge is 0.309 e. The predicted octanol–water partition coefficient (Wildman–Crippen LogP) is 4.36. The van der Waals surface area contributed by atoms with Crippen LogP contribution in [0.1, 0.15) is 39.7 Å². The summed E-state index contributed by atoms with van der Waals surface area (Å²) in [4.78, 5) is 26.0. The Morgan fingerprint density at radius 3 is 2.38 bits per heavy atom. The maximum Gasteiger partial charge on any atom is 0.309 e. The van der Waals surface area contributed by atoms with Crippen LogP contribution in [0, 0.1) is 17.8 Å². The lowest BCUT2D eigenvalue weighted by Crippen LogP contribution is -2.63. The van der Waals surface area contributed by atoms with Crippen LogP contribution in [0.5, 0.6) is 5.75 Å². The average Bonchev–Trinajstić information content (AvgIpc) is 2.72. The van der Waals surface area contributed by atoms with Gasteiger partial charge in [-0.15, -0.1) is 0 Å². The molecule has 0 bridgehead atoms. The maximum absolute atomic E-state index is 13.0. The maximum atomic E-state index is 13.0. The van der Waals surface area contributed by atoms with Crippen LogP contribution >= 0.6 is 0 Å².